The van der Waals surface area contributed by atoms with Gasteiger partial charge in [0.25, 0.3) is 0 Å². The molecule has 0 aromatic carbocycles. The van der Waals surface area contributed by atoms with Crippen LogP contribution in [0.2, 0.25) is 0 Å². The van der Waals surface area contributed by atoms with E-state index in [-0.39, 0.29) is 11.9 Å². The van der Waals surface area contributed by atoms with E-state index < -0.39 is 0 Å². The molecule has 1 heterocycles. The Bertz CT molecular complexity index is 123. The van der Waals surface area contributed by atoms with Crippen LogP contribution >= 0.6 is 0 Å². The highest BCUT2D eigenvalue weighted by molar-refractivity contribution is 5.83. The van der Waals surface area contributed by atoms with Gasteiger partial charge in [-0.25, -0.2) is 0 Å². The second-order valence-corrected chi connectivity index (χ2v) is 1.85. The molecule has 1 rings (SSSR count). The van der Waals surface area contributed by atoms with Crippen LogP contribution in [-0.4, -0.2) is 18.2 Å². The number of rotatable bonds is 1. The molecule has 3 heteroatoms. The van der Waals surface area contributed by atoms with Gasteiger partial charge >= 0.3 is 0 Å². The van der Waals surface area contributed by atoms with E-state index in [4.69, 9.17) is 0 Å². The Labute approximate surface area is 60.8 Å². The van der Waals surface area contributed by atoms with E-state index in [0.29, 0.717) is 12.8 Å². The molecule has 0 saturated carbocycles. The third-order valence-electron chi connectivity index (χ3n) is 1.19. The Morgan fingerprint density at radius 2 is 2.20 bits per heavy atom. The van der Waals surface area contributed by atoms with Crippen LogP contribution in [0.1, 0.15) is 26.7 Å². The summed E-state index contributed by atoms with van der Waals surface area (Å²) in [7, 11) is 0. The summed E-state index contributed by atoms with van der Waals surface area (Å²) >= 11 is 0. The van der Waals surface area contributed by atoms with Crippen molar-refractivity contribution in [1.82, 2.24) is 5.32 Å². The standard InChI is InChI=1S/C5H7NO2.C2H6/c7-3-4-1-2-5(8)6-4;1-2/h3-4H,1-2H2,(H,6,8);1-2H3. The first-order valence-corrected chi connectivity index (χ1v) is 3.57. The van der Waals surface area contributed by atoms with E-state index in [0.717, 1.165) is 6.29 Å². The zero-order valence-corrected chi connectivity index (χ0v) is 6.39. The van der Waals surface area contributed by atoms with Crippen LogP contribution in [0.25, 0.3) is 0 Å². The minimum atomic E-state index is -0.206. The maximum Gasteiger partial charge on any atom is 0.220 e. The highest BCUT2D eigenvalue weighted by Crippen LogP contribution is 2.02. The smallest absolute Gasteiger partial charge is 0.220 e. The average Bonchev–Trinajstić information content (AvgIpc) is 2.40. The van der Waals surface area contributed by atoms with E-state index in [9.17, 15) is 9.59 Å². The predicted molar refractivity (Wildman–Crippen MR) is 38.6 cm³/mol. The zero-order chi connectivity index (χ0) is 7.98. The number of carbonyl (C=O) groups is 2. The molecule has 1 aliphatic rings. The third-order valence-corrected chi connectivity index (χ3v) is 1.19. The normalized spacial score (nSPS) is 22.6. The Kier molecular flexibility index (Phi) is 4.54. The molecule has 0 radical (unpaired) electrons. The minimum Gasteiger partial charge on any atom is -0.347 e. The lowest BCUT2D eigenvalue weighted by molar-refractivity contribution is -0.120. The quantitative estimate of drug-likeness (QED) is 0.543. The lowest BCUT2D eigenvalue weighted by Gasteiger charge is -1.94. The molecule has 1 amide bonds. The number of nitrogens with one attached hydrogen (secondary N) is 1. The summed E-state index contributed by atoms with van der Waals surface area (Å²) in [5, 5.41) is 2.50. The van der Waals surface area contributed by atoms with Gasteiger partial charge in [-0.05, 0) is 6.42 Å². The van der Waals surface area contributed by atoms with Crippen molar-refractivity contribution in [3.8, 4) is 0 Å². The fraction of sp³-hybridized carbons (Fsp3) is 0.714. The molecule has 1 saturated heterocycles. The van der Waals surface area contributed by atoms with E-state index in [1.54, 1.807) is 0 Å². The molecule has 0 spiro atoms. The molecule has 0 aromatic rings. The second-order valence-electron chi connectivity index (χ2n) is 1.85. The lowest BCUT2D eigenvalue weighted by atomic mass is 10.2. The monoisotopic (exact) mass is 143 g/mol. The fourth-order valence-electron chi connectivity index (χ4n) is 0.740. The number of amides is 1. The third kappa shape index (κ3) is 2.62. The molecule has 1 aliphatic heterocycles. The van der Waals surface area contributed by atoms with Gasteiger partial charge in [0.2, 0.25) is 5.91 Å². The van der Waals surface area contributed by atoms with Gasteiger partial charge in [0.1, 0.15) is 6.29 Å². The zero-order valence-electron chi connectivity index (χ0n) is 6.39. The minimum absolute atomic E-state index is 0.0119. The van der Waals surface area contributed by atoms with E-state index in [1.807, 2.05) is 13.8 Å². The van der Waals surface area contributed by atoms with Crippen LogP contribution in [0.15, 0.2) is 0 Å². The van der Waals surface area contributed by atoms with Crippen LogP contribution in [0.3, 0.4) is 0 Å². The molecule has 10 heavy (non-hydrogen) atoms. The molecule has 1 N–H and O–H groups in total. The summed E-state index contributed by atoms with van der Waals surface area (Å²) in [5.41, 5.74) is 0. The van der Waals surface area contributed by atoms with Gasteiger partial charge in [0.05, 0.1) is 6.04 Å². The Morgan fingerprint density at radius 1 is 1.60 bits per heavy atom. The van der Waals surface area contributed by atoms with E-state index >= 15 is 0 Å². The highest BCUT2D eigenvalue weighted by Gasteiger charge is 2.18. The molecule has 1 atom stereocenters. The fourth-order valence-corrected chi connectivity index (χ4v) is 0.740. The molecular formula is C7H13NO2. The molecule has 1 unspecified atom stereocenters. The van der Waals surface area contributed by atoms with Crippen molar-refractivity contribution in [2.45, 2.75) is 32.7 Å². The maximum atomic E-state index is 10.3. The van der Waals surface area contributed by atoms with Crippen molar-refractivity contribution in [2.75, 3.05) is 0 Å². The summed E-state index contributed by atoms with van der Waals surface area (Å²) in [5.74, 6) is -0.0119. The average molecular weight is 143 g/mol. The highest BCUT2D eigenvalue weighted by atomic mass is 16.2. The Hall–Kier alpha value is -0.860. The number of hydrogen-bond acceptors (Lipinski definition) is 2. The topological polar surface area (TPSA) is 46.2 Å². The van der Waals surface area contributed by atoms with Crippen LogP contribution in [0.4, 0.5) is 0 Å². The number of aldehydes is 1. The molecule has 0 aliphatic carbocycles. The number of hydrogen-bond donors (Lipinski definition) is 1. The molecule has 1 fully saturated rings. The van der Waals surface area contributed by atoms with Crippen LogP contribution in [0, 0.1) is 0 Å². The van der Waals surface area contributed by atoms with E-state index in [2.05, 4.69) is 5.32 Å². The first kappa shape index (κ1) is 9.14. The molecule has 0 bridgehead atoms. The molecular weight excluding hydrogens is 130 g/mol. The summed E-state index contributed by atoms with van der Waals surface area (Å²) in [4.78, 5) is 20.3. The molecule has 58 valence electrons. The van der Waals surface area contributed by atoms with Crippen LogP contribution < -0.4 is 5.32 Å². The van der Waals surface area contributed by atoms with Crippen molar-refractivity contribution < 1.29 is 9.59 Å². The summed E-state index contributed by atoms with van der Waals surface area (Å²) in [6, 6.07) is -0.206. The number of carbonyl (C=O) groups excluding carboxylic acids is 2. The van der Waals surface area contributed by atoms with Crippen molar-refractivity contribution >= 4 is 12.2 Å². The van der Waals surface area contributed by atoms with Crippen molar-refractivity contribution in [3.05, 3.63) is 0 Å². The van der Waals surface area contributed by atoms with Crippen LogP contribution in [-0.2, 0) is 9.59 Å². The van der Waals surface area contributed by atoms with Crippen molar-refractivity contribution in [1.29, 1.82) is 0 Å². The van der Waals surface area contributed by atoms with Gasteiger partial charge in [-0.15, -0.1) is 0 Å². The first-order chi connectivity index (χ1) is 4.83. The van der Waals surface area contributed by atoms with Crippen molar-refractivity contribution in [2.24, 2.45) is 0 Å². The van der Waals surface area contributed by atoms with E-state index in [1.165, 1.54) is 0 Å². The van der Waals surface area contributed by atoms with Gasteiger partial charge in [-0.1, -0.05) is 13.8 Å². The molecule has 0 aromatic heterocycles. The van der Waals surface area contributed by atoms with Crippen molar-refractivity contribution in [3.63, 3.8) is 0 Å². The van der Waals surface area contributed by atoms with Gasteiger partial charge in [0, 0.05) is 6.42 Å². The predicted octanol–water partition coefficient (Wildman–Crippen LogP) is 0.490. The van der Waals surface area contributed by atoms with Gasteiger partial charge in [0.15, 0.2) is 0 Å². The van der Waals surface area contributed by atoms with Gasteiger partial charge in [-0.2, -0.15) is 0 Å². The van der Waals surface area contributed by atoms with Crippen LogP contribution in [0.5, 0.6) is 0 Å². The first-order valence-electron chi connectivity index (χ1n) is 3.57. The summed E-state index contributed by atoms with van der Waals surface area (Å²) in [6.45, 7) is 4.00. The van der Waals surface area contributed by atoms with Gasteiger partial charge < -0.3 is 10.1 Å². The summed E-state index contributed by atoms with van der Waals surface area (Å²) in [6.07, 6.45) is 1.94. The van der Waals surface area contributed by atoms with Gasteiger partial charge in [-0.3, -0.25) is 4.79 Å². The summed E-state index contributed by atoms with van der Waals surface area (Å²) < 4.78 is 0. The Balaban J connectivity index is 0.000000371. The SMILES string of the molecule is CC.O=CC1CCC(=O)N1. The second kappa shape index (κ2) is 4.97. The lowest BCUT2D eigenvalue weighted by Crippen LogP contribution is -2.25. The molecule has 3 nitrogen and oxygen atoms in total. The Morgan fingerprint density at radius 3 is 2.40 bits per heavy atom. The largest absolute Gasteiger partial charge is 0.347 e. The maximum absolute atomic E-state index is 10.3.